The predicted molar refractivity (Wildman–Crippen MR) is 128 cm³/mol. The van der Waals surface area contributed by atoms with Crippen molar-refractivity contribution in [2.45, 2.75) is 18.2 Å². The number of fused-ring (bicyclic) bond motifs is 1. The Morgan fingerprint density at radius 3 is 2.44 bits per heavy atom. The van der Waals surface area contributed by atoms with Crippen LogP contribution in [0.1, 0.15) is 6.92 Å². The first-order valence-electron chi connectivity index (χ1n) is 10.3. The maximum atomic E-state index is 12.9. The molecule has 0 aliphatic carbocycles. The van der Waals surface area contributed by atoms with Gasteiger partial charge >= 0.3 is 0 Å². The van der Waals surface area contributed by atoms with Gasteiger partial charge in [0.1, 0.15) is 18.0 Å². The summed E-state index contributed by atoms with van der Waals surface area (Å²) in [6.45, 7) is 2.52. The molecule has 2 atom stereocenters. The minimum atomic E-state index is -3.05. The summed E-state index contributed by atoms with van der Waals surface area (Å²) < 4.78 is 34.5. The molecule has 0 radical (unpaired) electrons. The molecular formula is C22H25N3O5S2. The summed E-state index contributed by atoms with van der Waals surface area (Å²) in [5, 5.41) is 3.44. The molecule has 4 rings (SSSR count). The number of carbonyl (C=O) groups is 1. The third kappa shape index (κ3) is 5.18. The summed E-state index contributed by atoms with van der Waals surface area (Å²) in [5.41, 5.74) is 1.44. The summed E-state index contributed by atoms with van der Waals surface area (Å²) in [6, 6.07) is 14.3. The van der Waals surface area contributed by atoms with Crippen LogP contribution in [0.15, 0.2) is 53.5 Å². The number of nitrogens with one attached hydrogen (secondary N) is 1. The van der Waals surface area contributed by atoms with Crippen LogP contribution in [-0.4, -0.2) is 62.6 Å². The van der Waals surface area contributed by atoms with Crippen LogP contribution in [0, 0.1) is 0 Å². The lowest BCUT2D eigenvalue weighted by atomic mass is 10.2. The number of methoxy groups -OCH3 is 1. The Morgan fingerprint density at radius 1 is 1.12 bits per heavy atom. The molecule has 32 heavy (non-hydrogen) atoms. The fraction of sp³-hybridized carbons (Fsp3) is 0.364. The van der Waals surface area contributed by atoms with Gasteiger partial charge in [-0.1, -0.05) is 11.8 Å². The summed E-state index contributed by atoms with van der Waals surface area (Å²) in [5.74, 6) is 1.41. The van der Waals surface area contributed by atoms with Crippen molar-refractivity contribution in [1.29, 1.82) is 0 Å². The Hall–Kier alpha value is -2.72. The number of amides is 1. The van der Waals surface area contributed by atoms with Crippen LogP contribution in [0.5, 0.6) is 11.5 Å². The molecule has 170 valence electrons. The van der Waals surface area contributed by atoms with Crippen molar-refractivity contribution < 1.29 is 22.7 Å². The lowest BCUT2D eigenvalue weighted by Crippen LogP contribution is -2.36. The number of nitrogens with zero attached hydrogens (tertiary/aromatic N) is 2. The third-order valence-corrected chi connectivity index (χ3v) is 8.42. The predicted octanol–water partition coefficient (Wildman–Crippen LogP) is 2.81. The number of carbonyl (C=O) groups excluding carboxylic acids is 1. The highest BCUT2D eigenvalue weighted by Crippen LogP contribution is 2.37. The lowest BCUT2D eigenvalue weighted by Gasteiger charge is -2.24. The highest BCUT2D eigenvalue weighted by molar-refractivity contribution is 8.15. The molecule has 0 unspecified atom stereocenters. The zero-order chi connectivity index (χ0) is 22.7. The summed E-state index contributed by atoms with van der Waals surface area (Å²) in [7, 11) is -1.47. The number of thioether (sulfide) groups is 1. The summed E-state index contributed by atoms with van der Waals surface area (Å²) in [6.07, 6.45) is 0. The van der Waals surface area contributed by atoms with Gasteiger partial charge in [0.15, 0.2) is 15.0 Å². The molecule has 10 heteroatoms. The number of ether oxygens (including phenoxy) is 2. The molecule has 2 aliphatic rings. The van der Waals surface area contributed by atoms with Crippen LogP contribution in [0.3, 0.4) is 0 Å². The number of hydrogen-bond donors (Lipinski definition) is 1. The van der Waals surface area contributed by atoms with Gasteiger partial charge in [0.05, 0.1) is 31.3 Å². The molecule has 1 saturated heterocycles. The zero-order valence-corrected chi connectivity index (χ0v) is 19.5. The zero-order valence-electron chi connectivity index (χ0n) is 17.9. The second-order valence-electron chi connectivity index (χ2n) is 7.50. The van der Waals surface area contributed by atoms with Crippen molar-refractivity contribution in [3.8, 4) is 11.5 Å². The number of hydrogen-bond acceptors (Lipinski definition) is 8. The SMILES string of the molecule is CCOc1ccc(N(CC(=O)Nc2ccc(OC)cc2)C2=N[C@H]3CS(=O)(=O)C[C@H]3S2)cc1. The van der Waals surface area contributed by atoms with E-state index < -0.39 is 9.84 Å². The normalized spacial score (nSPS) is 20.9. The van der Waals surface area contributed by atoms with E-state index in [0.29, 0.717) is 23.2 Å². The highest BCUT2D eigenvalue weighted by atomic mass is 32.2. The van der Waals surface area contributed by atoms with Crippen molar-refractivity contribution >= 4 is 44.0 Å². The van der Waals surface area contributed by atoms with E-state index in [1.54, 1.807) is 31.4 Å². The molecule has 0 saturated carbocycles. The minimum absolute atomic E-state index is 0.0397. The number of rotatable bonds is 7. The highest BCUT2D eigenvalue weighted by Gasteiger charge is 2.44. The Balaban J connectivity index is 1.54. The van der Waals surface area contributed by atoms with Crippen LogP contribution in [0.4, 0.5) is 11.4 Å². The number of benzene rings is 2. The van der Waals surface area contributed by atoms with Crippen molar-refractivity contribution in [2.75, 3.05) is 42.0 Å². The Bertz CT molecular complexity index is 1100. The molecule has 2 aromatic rings. The first-order valence-corrected chi connectivity index (χ1v) is 13.0. The van der Waals surface area contributed by atoms with Crippen molar-refractivity contribution in [3.63, 3.8) is 0 Å². The monoisotopic (exact) mass is 475 g/mol. The summed E-state index contributed by atoms with van der Waals surface area (Å²) in [4.78, 5) is 19.3. The Labute approximate surface area is 191 Å². The largest absolute Gasteiger partial charge is 0.497 e. The smallest absolute Gasteiger partial charge is 0.244 e. The second kappa shape index (κ2) is 9.41. The van der Waals surface area contributed by atoms with Crippen LogP contribution in [0.2, 0.25) is 0 Å². The van der Waals surface area contributed by atoms with Crippen LogP contribution in [0.25, 0.3) is 0 Å². The molecule has 1 amide bonds. The van der Waals surface area contributed by atoms with Gasteiger partial charge in [0.25, 0.3) is 0 Å². The maximum Gasteiger partial charge on any atom is 0.244 e. The molecule has 1 N–H and O–H groups in total. The Morgan fingerprint density at radius 2 is 1.81 bits per heavy atom. The molecular weight excluding hydrogens is 450 g/mol. The van der Waals surface area contributed by atoms with Gasteiger partial charge in [-0.3, -0.25) is 9.79 Å². The second-order valence-corrected chi connectivity index (χ2v) is 10.9. The van der Waals surface area contributed by atoms with Crippen molar-refractivity contribution in [1.82, 2.24) is 0 Å². The van der Waals surface area contributed by atoms with Gasteiger partial charge in [-0.2, -0.15) is 0 Å². The average Bonchev–Trinajstić information content (AvgIpc) is 3.27. The van der Waals surface area contributed by atoms with Gasteiger partial charge in [0.2, 0.25) is 5.91 Å². The molecule has 8 nitrogen and oxygen atoms in total. The van der Waals surface area contributed by atoms with E-state index in [1.165, 1.54) is 11.8 Å². The number of sulfone groups is 1. The maximum absolute atomic E-state index is 12.9. The topological polar surface area (TPSA) is 97.3 Å². The average molecular weight is 476 g/mol. The third-order valence-electron chi connectivity index (χ3n) is 5.17. The number of amidine groups is 1. The number of aliphatic imine (C=N–C) groups is 1. The molecule has 0 bridgehead atoms. The van der Waals surface area contributed by atoms with Gasteiger partial charge < -0.3 is 19.7 Å². The van der Waals surface area contributed by atoms with Crippen LogP contribution < -0.4 is 19.7 Å². The standard InChI is InChI=1S/C22H25N3O5S2/c1-3-30-18-10-6-16(7-11-18)25(22-24-19-13-32(27,28)14-20(19)31-22)12-21(26)23-15-4-8-17(29-2)9-5-15/h4-11,19-20H,3,12-14H2,1-2H3,(H,23,26)/t19-,20+/m0/s1. The van der Waals surface area contributed by atoms with E-state index in [0.717, 1.165) is 11.4 Å². The van der Waals surface area contributed by atoms with Gasteiger partial charge in [-0.15, -0.1) is 0 Å². The fourth-order valence-corrected chi connectivity index (χ4v) is 7.43. The van der Waals surface area contributed by atoms with Gasteiger partial charge in [-0.25, -0.2) is 8.42 Å². The van der Waals surface area contributed by atoms with Gasteiger partial charge in [0, 0.05) is 16.6 Å². The minimum Gasteiger partial charge on any atom is -0.497 e. The lowest BCUT2D eigenvalue weighted by molar-refractivity contribution is -0.114. The summed E-state index contributed by atoms with van der Waals surface area (Å²) >= 11 is 1.42. The van der Waals surface area contributed by atoms with Crippen molar-refractivity contribution in [2.24, 2.45) is 4.99 Å². The molecule has 1 fully saturated rings. The molecule has 2 aliphatic heterocycles. The van der Waals surface area contributed by atoms with Crippen LogP contribution >= 0.6 is 11.8 Å². The number of anilines is 2. The molecule has 0 spiro atoms. The van der Waals surface area contributed by atoms with E-state index in [1.807, 2.05) is 36.1 Å². The quantitative estimate of drug-likeness (QED) is 0.658. The molecule has 0 aromatic heterocycles. The molecule has 2 heterocycles. The van der Waals surface area contributed by atoms with Crippen LogP contribution in [-0.2, 0) is 14.6 Å². The van der Waals surface area contributed by atoms with E-state index in [-0.39, 0.29) is 35.2 Å². The van der Waals surface area contributed by atoms with Crippen molar-refractivity contribution in [3.05, 3.63) is 48.5 Å². The fourth-order valence-electron chi connectivity index (χ4n) is 3.65. The van der Waals surface area contributed by atoms with E-state index in [2.05, 4.69) is 10.3 Å². The Kier molecular flexibility index (Phi) is 6.61. The van der Waals surface area contributed by atoms with Gasteiger partial charge in [-0.05, 0) is 55.5 Å². The van der Waals surface area contributed by atoms with E-state index >= 15 is 0 Å². The first-order chi connectivity index (χ1) is 15.4. The van der Waals surface area contributed by atoms with E-state index in [4.69, 9.17) is 9.47 Å². The molecule has 2 aromatic carbocycles. The first kappa shape index (κ1) is 22.5. The van der Waals surface area contributed by atoms with E-state index in [9.17, 15) is 13.2 Å².